The molecule has 1 N–H and O–H groups in total. The van der Waals surface area contributed by atoms with E-state index in [0.29, 0.717) is 23.3 Å². The fourth-order valence-corrected chi connectivity index (χ4v) is 4.06. The highest BCUT2D eigenvalue weighted by Crippen LogP contribution is 2.59. The number of likely N-dealkylation sites (tertiary alicyclic amines) is 1. The Morgan fingerprint density at radius 2 is 2.11 bits per heavy atom. The maximum absolute atomic E-state index is 12.7. The third-order valence-electron chi connectivity index (χ3n) is 5.58. The van der Waals surface area contributed by atoms with E-state index in [1.54, 1.807) is 0 Å². The largest absolute Gasteiger partial charge is 0.341 e. The Labute approximate surface area is 116 Å². The molecule has 3 aliphatic rings. The van der Waals surface area contributed by atoms with Crippen molar-refractivity contribution in [3.63, 3.8) is 0 Å². The monoisotopic (exact) mass is 265 g/mol. The number of hydrogen-bond donors (Lipinski definition) is 1. The van der Waals surface area contributed by atoms with Crippen molar-refractivity contribution in [1.29, 1.82) is 0 Å². The first-order chi connectivity index (χ1) is 9.12. The molecule has 4 nitrogen and oxygen atoms in total. The number of piperidine rings is 2. The zero-order valence-electron chi connectivity index (χ0n) is 12.3. The summed E-state index contributed by atoms with van der Waals surface area (Å²) in [5.41, 5.74) is 0.372. The molecule has 19 heavy (non-hydrogen) atoms. The first-order valence-electron chi connectivity index (χ1n) is 7.78. The molecule has 2 unspecified atom stereocenters. The summed E-state index contributed by atoms with van der Waals surface area (Å²) in [4.78, 5) is 17.1. The maximum atomic E-state index is 12.7. The minimum Gasteiger partial charge on any atom is -0.341 e. The topological polar surface area (TPSA) is 35.6 Å². The number of nitrogens with zero attached hydrogens (tertiary/aromatic N) is 2. The third kappa shape index (κ3) is 2.52. The molecule has 2 aliphatic heterocycles. The standard InChI is InChI=1S/C15H27N3O/c1-17-9-3-4-12(11-17)18(2)14(19)13-10-15(13)5-7-16-8-6-15/h12-13,16H,3-11H2,1-2H3. The Bertz CT molecular complexity index is 351. The minimum atomic E-state index is 0.326. The molecule has 1 amide bonds. The second kappa shape index (κ2) is 5.06. The van der Waals surface area contributed by atoms with Crippen LogP contribution in [0.2, 0.25) is 0 Å². The molecule has 108 valence electrons. The first kappa shape index (κ1) is 13.4. The zero-order valence-corrected chi connectivity index (χ0v) is 12.3. The van der Waals surface area contributed by atoms with Crippen LogP contribution in [-0.4, -0.2) is 62.0 Å². The van der Waals surface area contributed by atoms with Gasteiger partial charge in [0.15, 0.2) is 0 Å². The van der Waals surface area contributed by atoms with E-state index < -0.39 is 0 Å². The molecule has 1 aliphatic carbocycles. The second-order valence-electron chi connectivity index (χ2n) is 6.88. The molecule has 2 atom stereocenters. The highest BCUT2D eigenvalue weighted by molar-refractivity contribution is 5.82. The molecule has 0 radical (unpaired) electrons. The zero-order chi connectivity index (χ0) is 13.5. The van der Waals surface area contributed by atoms with Gasteiger partial charge in [0, 0.05) is 25.6 Å². The van der Waals surface area contributed by atoms with Gasteiger partial charge < -0.3 is 15.1 Å². The smallest absolute Gasteiger partial charge is 0.226 e. The fraction of sp³-hybridized carbons (Fsp3) is 0.933. The van der Waals surface area contributed by atoms with Crippen LogP contribution < -0.4 is 5.32 Å². The highest BCUT2D eigenvalue weighted by Gasteiger charge is 2.58. The SMILES string of the molecule is CN1CCCC(N(C)C(=O)C2CC23CCNCC3)C1. The van der Waals surface area contributed by atoms with Gasteiger partial charge in [-0.15, -0.1) is 0 Å². The lowest BCUT2D eigenvalue weighted by molar-refractivity contribution is -0.135. The number of rotatable bonds is 2. The molecule has 0 aromatic carbocycles. The number of amides is 1. The summed E-state index contributed by atoms with van der Waals surface area (Å²) >= 11 is 0. The Morgan fingerprint density at radius 1 is 1.37 bits per heavy atom. The van der Waals surface area contributed by atoms with Gasteiger partial charge in [-0.25, -0.2) is 0 Å². The highest BCUT2D eigenvalue weighted by atomic mass is 16.2. The van der Waals surface area contributed by atoms with Crippen LogP contribution in [-0.2, 0) is 4.79 Å². The van der Waals surface area contributed by atoms with Crippen LogP contribution in [0, 0.1) is 11.3 Å². The summed E-state index contributed by atoms with van der Waals surface area (Å²) in [5, 5.41) is 3.41. The van der Waals surface area contributed by atoms with E-state index in [4.69, 9.17) is 0 Å². The number of hydrogen-bond acceptors (Lipinski definition) is 3. The van der Waals surface area contributed by atoms with Gasteiger partial charge in [0.05, 0.1) is 0 Å². The van der Waals surface area contributed by atoms with Crippen molar-refractivity contribution in [1.82, 2.24) is 15.1 Å². The van der Waals surface area contributed by atoms with Crippen LogP contribution in [0.4, 0.5) is 0 Å². The van der Waals surface area contributed by atoms with Gasteiger partial charge in [-0.1, -0.05) is 0 Å². The van der Waals surface area contributed by atoms with Crippen molar-refractivity contribution in [3.05, 3.63) is 0 Å². The average molecular weight is 265 g/mol. The molecule has 1 saturated carbocycles. The quantitative estimate of drug-likeness (QED) is 0.807. The van der Waals surface area contributed by atoms with E-state index in [1.807, 2.05) is 7.05 Å². The molecule has 3 fully saturated rings. The Morgan fingerprint density at radius 3 is 2.79 bits per heavy atom. The molecule has 4 heteroatoms. The fourth-order valence-electron chi connectivity index (χ4n) is 4.06. The van der Waals surface area contributed by atoms with Gasteiger partial charge >= 0.3 is 0 Å². The van der Waals surface area contributed by atoms with E-state index >= 15 is 0 Å². The molecule has 3 rings (SSSR count). The molecule has 0 bridgehead atoms. The molecule has 2 heterocycles. The van der Waals surface area contributed by atoms with Crippen molar-refractivity contribution in [2.45, 2.75) is 38.1 Å². The maximum Gasteiger partial charge on any atom is 0.226 e. The van der Waals surface area contributed by atoms with Crippen molar-refractivity contribution >= 4 is 5.91 Å². The van der Waals surface area contributed by atoms with Gasteiger partial charge in [0.25, 0.3) is 0 Å². The lowest BCUT2D eigenvalue weighted by atomic mass is 9.91. The third-order valence-corrected chi connectivity index (χ3v) is 5.58. The minimum absolute atomic E-state index is 0.326. The van der Waals surface area contributed by atoms with Gasteiger partial charge in [0.1, 0.15) is 0 Å². The summed E-state index contributed by atoms with van der Waals surface area (Å²) < 4.78 is 0. The Kier molecular flexibility index (Phi) is 3.56. The number of carbonyl (C=O) groups excluding carboxylic acids is 1. The van der Waals surface area contributed by atoms with Crippen molar-refractivity contribution in [2.24, 2.45) is 11.3 Å². The van der Waals surface area contributed by atoms with Gasteiger partial charge in [0.2, 0.25) is 5.91 Å². The van der Waals surface area contributed by atoms with Crippen LogP contribution in [0.25, 0.3) is 0 Å². The van der Waals surface area contributed by atoms with Crippen molar-refractivity contribution in [2.75, 3.05) is 40.3 Å². The van der Waals surface area contributed by atoms with E-state index in [1.165, 1.54) is 32.2 Å². The molecule has 2 saturated heterocycles. The van der Waals surface area contributed by atoms with Crippen molar-refractivity contribution < 1.29 is 4.79 Å². The summed E-state index contributed by atoms with van der Waals surface area (Å²) in [5.74, 6) is 0.744. The lowest BCUT2D eigenvalue weighted by Gasteiger charge is -2.36. The van der Waals surface area contributed by atoms with Gasteiger partial charge in [-0.2, -0.15) is 0 Å². The van der Waals surface area contributed by atoms with Gasteiger partial charge in [-0.05, 0) is 64.2 Å². The summed E-state index contributed by atoms with van der Waals surface area (Å²) in [6, 6.07) is 0.436. The molecule has 0 aromatic rings. The number of nitrogens with one attached hydrogen (secondary N) is 1. The first-order valence-corrected chi connectivity index (χ1v) is 7.78. The van der Waals surface area contributed by atoms with Crippen LogP contribution >= 0.6 is 0 Å². The molecular formula is C15H27N3O. The van der Waals surface area contributed by atoms with Crippen LogP contribution in [0.15, 0.2) is 0 Å². The summed E-state index contributed by atoms with van der Waals surface area (Å²) in [6.45, 7) is 4.42. The van der Waals surface area contributed by atoms with Crippen LogP contribution in [0.1, 0.15) is 32.1 Å². The van der Waals surface area contributed by atoms with Crippen molar-refractivity contribution in [3.8, 4) is 0 Å². The van der Waals surface area contributed by atoms with Crippen LogP contribution in [0.5, 0.6) is 0 Å². The number of carbonyl (C=O) groups is 1. The van der Waals surface area contributed by atoms with E-state index in [0.717, 1.165) is 26.1 Å². The second-order valence-corrected chi connectivity index (χ2v) is 6.88. The predicted octanol–water partition coefficient (Wildman–Crippen LogP) is 0.929. The van der Waals surface area contributed by atoms with Crippen LogP contribution in [0.3, 0.4) is 0 Å². The lowest BCUT2D eigenvalue weighted by Crippen LogP contribution is -2.48. The number of likely N-dealkylation sites (N-methyl/N-ethyl adjacent to an activating group) is 2. The molecule has 1 spiro atoms. The van der Waals surface area contributed by atoms with E-state index in [-0.39, 0.29) is 0 Å². The van der Waals surface area contributed by atoms with Gasteiger partial charge in [-0.3, -0.25) is 4.79 Å². The molecular weight excluding hydrogens is 238 g/mol. The average Bonchev–Trinajstić information content (AvgIpc) is 3.11. The summed E-state index contributed by atoms with van der Waals surface area (Å²) in [6.07, 6.45) is 5.93. The molecule has 0 aromatic heterocycles. The normalized spacial score (nSPS) is 34.2. The van der Waals surface area contributed by atoms with E-state index in [9.17, 15) is 4.79 Å². The Balaban J connectivity index is 1.58. The summed E-state index contributed by atoms with van der Waals surface area (Å²) in [7, 11) is 4.19. The van der Waals surface area contributed by atoms with E-state index in [2.05, 4.69) is 22.2 Å². The Hall–Kier alpha value is -0.610. The predicted molar refractivity (Wildman–Crippen MR) is 75.9 cm³/mol.